The van der Waals surface area contributed by atoms with E-state index in [9.17, 15) is 14.7 Å². The Morgan fingerprint density at radius 2 is 1.59 bits per heavy atom. The summed E-state index contributed by atoms with van der Waals surface area (Å²) >= 11 is 0. The van der Waals surface area contributed by atoms with Crippen LogP contribution in [0.2, 0.25) is 0 Å². The molecule has 7 rings (SSSR count). The minimum atomic E-state index is -0.377. The number of carbonyl (C=O) groups is 1. The van der Waals surface area contributed by atoms with Crippen LogP contribution in [0.3, 0.4) is 0 Å². The second-order valence-corrected chi connectivity index (χ2v) is 9.59. The third-order valence-electron chi connectivity index (χ3n) is 7.58. The third-order valence-corrected chi connectivity index (χ3v) is 7.58. The molecule has 3 heterocycles. The van der Waals surface area contributed by atoms with E-state index in [1.807, 2.05) is 97.1 Å². The first-order valence-electron chi connectivity index (χ1n) is 12.4. The molecule has 1 saturated heterocycles. The molecule has 2 N–H and O–H groups in total. The Kier molecular flexibility index (Phi) is 4.72. The number of hydrogen-bond acceptors (Lipinski definition) is 3. The fraction of sp³-hybridized carbons (Fsp3) is 0.133. The quantitative estimate of drug-likeness (QED) is 0.342. The van der Waals surface area contributed by atoms with Gasteiger partial charge in [-0.2, -0.15) is 0 Å². The van der Waals surface area contributed by atoms with E-state index in [2.05, 4.69) is 5.32 Å². The standard InChI is InChI=1S/C30H24N4O3/c35-28-27-26-17-21(33(27)30(37)34(28)25-16-8-12-20-11-4-5-14-23(20)25)18-32(26)29(36)31-24-15-7-6-13-22(24)19-9-2-1-3-10-19/h1-16,21,26,35H,17-18H2,(H,31,36)/t21-,26?/m1/s1. The van der Waals surface area contributed by atoms with Crippen LogP contribution in [0.5, 0.6) is 5.88 Å². The Bertz CT molecular complexity index is 1730. The summed E-state index contributed by atoms with van der Waals surface area (Å²) in [5.74, 6) is -0.101. The highest BCUT2D eigenvalue weighted by Crippen LogP contribution is 2.49. The molecule has 0 spiro atoms. The van der Waals surface area contributed by atoms with Crippen LogP contribution in [-0.2, 0) is 0 Å². The zero-order chi connectivity index (χ0) is 25.1. The normalized spacial score (nSPS) is 17.8. The summed E-state index contributed by atoms with van der Waals surface area (Å²) in [4.78, 5) is 28.7. The smallest absolute Gasteiger partial charge is 0.336 e. The van der Waals surface area contributed by atoms with E-state index in [-0.39, 0.29) is 29.7 Å². The van der Waals surface area contributed by atoms with E-state index >= 15 is 0 Å². The summed E-state index contributed by atoms with van der Waals surface area (Å²) in [7, 11) is 0. The number of nitrogens with zero attached hydrogens (tertiary/aromatic N) is 3. The molecular formula is C30H24N4O3. The van der Waals surface area contributed by atoms with Crippen LogP contribution in [0.1, 0.15) is 24.2 Å². The van der Waals surface area contributed by atoms with Gasteiger partial charge in [-0.1, -0.05) is 84.9 Å². The number of fused-ring (bicyclic) bond motifs is 6. The largest absolute Gasteiger partial charge is 0.493 e. The van der Waals surface area contributed by atoms with Gasteiger partial charge in [0.05, 0.1) is 23.5 Å². The van der Waals surface area contributed by atoms with Gasteiger partial charge in [0.2, 0.25) is 5.88 Å². The maximum Gasteiger partial charge on any atom is 0.336 e. The van der Waals surface area contributed by atoms with Crippen LogP contribution in [0.4, 0.5) is 10.5 Å². The average Bonchev–Trinajstić information content (AvgIpc) is 3.60. The van der Waals surface area contributed by atoms with Gasteiger partial charge < -0.3 is 15.3 Å². The van der Waals surface area contributed by atoms with E-state index in [0.717, 1.165) is 27.6 Å². The lowest BCUT2D eigenvalue weighted by Crippen LogP contribution is -2.40. The predicted octanol–water partition coefficient (Wildman–Crippen LogP) is 5.70. The van der Waals surface area contributed by atoms with Crippen LogP contribution >= 0.6 is 0 Å². The molecule has 1 aromatic heterocycles. The molecule has 7 nitrogen and oxygen atoms in total. The Morgan fingerprint density at radius 1 is 0.865 bits per heavy atom. The first-order chi connectivity index (χ1) is 18.1. The number of rotatable bonds is 3. The van der Waals surface area contributed by atoms with Gasteiger partial charge in [-0.05, 0) is 29.5 Å². The SMILES string of the molecule is O=C(Nc1ccccc1-c1ccccc1)N1C[C@H]2CC1c1c(O)n(-c3cccc4ccccc34)c(=O)n12. The highest BCUT2D eigenvalue weighted by molar-refractivity contribution is 5.95. The number of nitrogens with one attached hydrogen (secondary N) is 1. The highest BCUT2D eigenvalue weighted by atomic mass is 16.3. The summed E-state index contributed by atoms with van der Waals surface area (Å²) < 4.78 is 3.05. The molecule has 37 heavy (non-hydrogen) atoms. The van der Waals surface area contributed by atoms with E-state index in [1.165, 1.54) is 4.57 Å². The van der Waals surface area contributed by atoms with Gasteiger partial charge in [-0.25, -0.2) is 14.2 Å². The van der Waals surface area contributed by atoms with Gasteiger partial charge in [-0.15, -0.1) is 0 Å². The van der Waals surface area contributed by atoms with Crippen molar-refractivity contribution in [3.8, 4) is 22.7 Å². The van der Waals surface area contributed by atoms with Gasteiger partial charge in [0.15, 0.2) is 0 Å². The van der Waals surface area contributed by atoms with Crippen molar-refractivity contribution in [1.29, 1.82) is 0 Å². The first-order valence-corrected chi connectivity index (χ1v) is 12.4. The number of para-hydroxylation sites is 1. The maximum atomic E-state index is 13.5. The lowest BCUT2D eigenvalue weighted by molar-refractivity contribution is 0.198. The molecule has 2 bridgehead atoms. The maximum absolute atomic E-state index is 13.5. The number of benzene rings is 4. The zero-order valence-corrected chi connectivity index (χ0v) is 19.9. The minimum absolute atomic E-state index is 0.101. The van der Waals surface area contributed by atoms with Gasteiger partial charge in [0.1, 0.15) is 5.69 Å². The fourth-order valence-electron chi connectivity index (χ4n) is 5.94. The second-order valence-electron chi connectivity index (χ2n) is 9.59. The number of aromatic hydroxyl groups is 1. The fourth-order valence-corrected chi connectivity index (χ4v) is 5.94. The summed E-state index contributed by atoms with van der Waals surface area (Å²) in [5, 5.41) is 16.3. The van der Waals surface area contributed by atoms with Crippen LogP contribution in [-0.4, -0.2) is 31.7 Å². The second kappa shape index (κ2) is 8.13. The van der Waals surface area contributed by atoms with Crippen LogP contribution < -0.4 is 11.0 Å². The number of imidazole rings is 1. The van der Waals surface area contributed by atoms with Crippen molar-refractivity contribution in [3.05, 3.63) is 113 Å². The van der Waals surface area contributed by atoms with Crippen LogP contribution in [0, 0.1) is 0 Å². The Hall–Kier alpha value is -4.78. The summed E-state index contributed by atoms with van der Waals surface area (Å²) in [6.45, 7) is 0.413. The van der Waals surface area contributed by atoms with Crippen LogP contribution in [0.15, 0.2) is 102 Å². The number of hydrogen-bond donors (Lipinski definition) is 2. The summed E-state index contributed by atoms with van der Waals surface area (Å²) in [5.41, 5.74) is 3.53. The molecule has 1 fully saturated rings. The number of likely N-dealkylation sites (tertiary alicyclic amines) is 1. The molecule has 2 aliphatic heterocycles. The van der Waals surface area contributed by atoms with Gasteiger partial charge >= 0.3 is 11.7 Å². The number of amides is 2. The van der Waals surface area contributed by atoms with Crippen LogP contribution in [0.25, 0.3) is 27.6 Å². The van der Waals surface area contributed by atoms with E-state index in [0.29, 0.717) is 24.3 Å². The highest BCUT2D eigenvalue weighted by Gasteiger charge is 2.49. The summed E-state index contributed by atoms with van der Waals surface area (Å²) in [6, 6.07) is 30.3. The number of anilines is 1. The molecule has 0 aliphatic carbocycles. The number of urea groups is 1. The van der Waals surface area contributed by atoms with Gasteiger partial charge in [-0.3, -0.25) is 4.57 Å². The number of aromatic nitrogens is 2. The monoisotopic (exact) mass is 488 g/mol. The molecule has 5 aromatic rings. The van der Waals surface area contributed by atoms with Crippen molar-refractivity contribution in [1.82, 2.24) is 14.0 Å². The molecule has 7 heteroatoms. The molecular weight excluding hydrogens is 464 g/mol. The molecule has 0 saturated carbocycles. The lowest BCUT2D eigenvalue weighted by Gasteiger charge is -2.28. The minimum Gasteiger partial charge on any atom is -0.493 e. The Labute approximate surface area is 212 Å². The predicted molar refractivity (Wildman–Crippen MR) is 143 cm³/mol. The third kappa shape index (κ3) is 3.20. The van der Waals surface area contributed by atoms with Crippen molar-refractivity contribution in [2.75, 3.05) is 11.9 Å². The summed E-state index contributed by atoms with van der Waals surface area (Å²) in [6.07, 6.45) is 0.613. The molecule has 182 valence electrons. The van der Waals surface area contributed by atoms with Crippen molar-refractivity contribution in [3.63, 3.8) is 0 Å². The van der Waals surface area contributed by atoms with E-state index in [4.69, 9.17) is 0 Å². The Balaban J connectivity index is 1.24. The van der Waals surface area contributed by atoms with Crippen molar-refractivity contribution < 1.29 is 9.90 Å². The Morgan fingerprint density at radius 3 is 2.46 bits per heavy atom. The number of carbonyl (C=O) groups excluding carboxylic acids is 1. The zero-order valence-electron chi connectivity index (χ0n) is 19.9. The first kappa shape index (κ1) is 21.5. The van der Waals surface area contributed by atoms with Gasteiger partial charge in [0.25, 0.3) is 0 Å². The average molecular weight is 489 g/mol. The molecule has 1 unspecified atom stereocenters. The van der Waals surface area contributed by atoms with E-state index in [1.54, 1.807) is 9.47 Å². The van der Waals surface area contributed by atoms with Crippen molar-refractivity contribution >= 4 is 22.5 Å². The van der Waals surface area contributed by atoms with E-state index < -0.39 is 0 Å². The molecule has 2 amide bonds. The molecule has 0 radical (unpaired) electrons. The lowest BCUT2D eigenvalue weighted by atomic mass is 10.0. The molecule has 4 aromatic carbocycles. The van der Waals surface area contributed by atoms with Crippen molar-refractivity contribution in [2.45, 2.75) is 18.5 Å². The van der Waals surface area contributed by atoms with Crippen molar-refractivity contribution in [2.24, 2.45) is 0 Å². The molecule has 2 aliphatic rings. The topological polar surface area (TPSA) is 79.5 Å². The molecule has 2 atom stereocenters. The van der Waals surface area contributed by atoms with Gasteiger partial charge in [0, 0.05) is 17.5 Å².